The van der Waals surface area contributed by atoms with Crippen molar-refractivity contribution in [1.29, 1.82) is 0 Å². The maximum atomic E-state index is 6.34. The van der Waals surface area contributed by atoms with Crippen LogP contribution in [0.15, 0.2) is 48.5 Å². The second kappa shape index (κ2) is 5.18. The minimum Gasteiger partial charge on any atom is -0.320 e. The molecule has 98 valence electrons. The molecule has 2 aromatic carbocycles. The summed E-state index contributed by atoms with van der Waals surface area (Å²) in [6, 6.07) is 17.4. The summed E-state index contributed by atoms with van der Waals surface area (Å²) in [5, 5.41) is 0. The predicted octanol–water partition coefficient (Wildman–Crippen LogP) is 4.31. The molecule has 1 fully saturated rings. The Balaban J connectivity index is 1.79. The van der Waals surface area contributed by atoms with E-state index in [1.54, 1.807) is 0 Å². The third-order valence-corrected chi connectivity index (χ3v) is 4.31. The molecule has 1 nitrogen and oxygen atoms in total. The molecule has 1 unspecified atom stereocenters. The fourth-order valence-corrected chi connectivity index (χ4v) is 2.68. The monoisotopic (exact) mass is 251 g/mol. The predicted molar refractivity (Wildman–Crippen MR) is 80.2 cm³/mol. The zero-order valence-corrected chi connectivity index (χ0v) is 11.5. The van der Waals surface area contributed by atoms with E-state index in [1.165, 1.54) is 41.5 Å². The number of nitrogens with two attached hydrogens (primary N) is 1. The van der Waals surface area contributed by atoms with Crippen molar-refractivity contribution in [2.75, 3.05) is 0 Å². The molecule has 0 aromatic heterocycles. The van der Waals surface area contributed by atoms with Gasteiger partial charge in [-0.2, -0.15) is 0 Å². The van der Waals surface area contributed by atoms with Crippen LogP contribution in [0, 0.1) is 6.92 Å². The average Bonchev–Trinajstić information content (AvgIpc) is 2.38. The van der Waals surface area contributed by atoms with E-state index in [4.69, 9.17) is 5.73 Å². The number of hydrogen-bond donors (Lipinski definition) is 1. The Labute approximate surface area is 115 Å². The zero-order chi connectivity index (χ0) is 13.2. The van der Waals surface area contributed by atoms with E-state index in [0.717, 1.165) is 5.92 Å². The van der Waals surface area contributed by atoms with Crippen molar-refractivity contribution in [3.8, 4) is 0 Å². The lowest BCUT2D eigenvalue weighted by Crippen LogP contribution is -2.13. The smallest absolute Gasteiger partial charge is 0.0551 e. The van der Waals surface area contributed by atoms with Crippen molar-refractivity contribution in [1.82, 2.24) is 0 Å². The van der Waals surface area contributed by atoms with Crippen molar-refractivity contribution in [2.45, 2.75) is 38.1 Å². The molecule has 1 saturated carbocycles. The summed E-state index contributed by atoms with van der Waals surface area (Å²) in [6.45, 7) is 2.10. The second-order valence-corrected chi connectivity index (χ2v) is 5.68. The highest BCUT2D eigenvalue weighted by Gasteiger charge is 2.19. The van der Waals surface area contributed by atoms with Crippen LogP contribution < -0.4 is 5.73 Å². The molecule has 2 N–H and O–H groups in total. The summed E-state index contributed by atoms with van der Waals surface area (Å²) in [5.41, 5.74) is 11.5. The van der Waals surface area contributed by atoms with Gasteiger partial charge in [0, 0.05) is 0 Å². The maximum Gasteiger partial charge on any atom is 0.0551 e. The molecule has 0 radical (unpaired) electrons. The van der Waals surface area contributed by atoms with E-state index >= 15 is 0 Å². The Morgan fingerprint density at radius 1 is 0.895 bits per heavy atom. The van der Waals surface area contributed by atoms with Gasteiger partial charge in [-0.05, 0) is 42.4 Å². The Bertz CT molecular complexity index is 535. The molecule has 1 aliphatic carbocycles. The van der Waals surface area contributed by atoms with E-state index in [1.807, 2.05) is 0 Å². The molecule has 1 heteroatoms. The highest BCUT2D eigenvalue weighted by Crippen LogP contribution is 2.36. The average molecular weight is 251 g/mol. The number of hydrogen-bond acceptors (Lipinski definition) is 1. The van der Waals surface area contributed by atoms with Crippen LogP contribution >= 0.6 is 0 Å². The molecule has 0 spiro atoms. The molecule has 19 heavy (non-hydrogen) atoms. The van der Waals surface area contributed by atoms with Gasteiger partial charge in [-0.25, -0.2) is 0 Å². The van der Waals surface area contributed by atoms with Crippen LogP contribution in [0.2, 0.25) is 0 Å². The minimum atomic E-state index is -0.0176. The fourth-order valence-electron chi connectivity index (χ4n) is 2.68. The molecule has 0 saturated heterocycles. The van der Waals surface area contributed by atoms with Gasteiger partial charge in [-0.15, -0.1) is 0 Å². The fraction of sp³-hybridized carbons (Fsp3) is 0.333. The van der Waals surface area contributed by atoms with Gasteiger partial charge in [-0.1, -0.05) is 60.5 Å². The summed E-state index contributed by atoms with van der Waals surface area (Å²) in [4.78, 5) is 0. The van der Waals surface area contributed by atoms with E-state index in [0.29, 0.717) is 0 Å². The summed E-state index contributed by atoms with van der Waals surface area (Å²) in [5.74, 6) is 0.796. The standard InChI is InChI=1S/C18H21N/c1-13-5-7-16(8-6-13)18(19)17-11-9-15(10-12-17)14-3-2-4-14/h5-12,14,18H,2-4,19H2,1H3. The first-order valence-corrected chi connectivity index (χ1v) is 7.16. The van der Waals surface area contributed by atoms with Crippen LogP contribution in [0.1, 0.15) is 53.5 Å². The zero-order valence-electron chi connectivity index (χ0n) is 11.5. The van der Waals surface area contributed by atoms with E-state index in [2.05, 4.69) is 55.5 Å². The third kappa shape index (κ3) is 2.57. The molecule has 0 heterocycles. The first-order valence-electron chi connectivity index (χ1n) is 7.16. The molecule has 0 amide bonds. The first-order chi connectivity index (χ1) is 9.24. The highest BCUT2D eigenvalue weighted by atomic mass is 14.6. The van der Waals surface area contributed by atoms with Crippen LogP contribution in [-0.4, -0.2) is 0 Å². The maximum absolute atomic E-state index is 6.34. The van der Waals surface area contributed by atoms with Crippen LogP contribution in [0.25, 0.3) is 0 Å². The lowest BCUT2D eigenvalue weighted by atomic mass is 9.79. The Kier molecular flexibility index (Phi) is 3.39. The number of benzene rings is 2. The van der Waals surface area contributed by atoms with Gasteiger partial charge in [0.2, 0.25) is 0 Å². The van der Waals surface area contributed by atoms with Gasteiger partial charge < -0.3 is 5.73 Å². The SMILES string of the molecule is Cc1ccc(C(N)c2ccc(C3CCC3)cc2)cc1. The van der Waals surface area contributed by atoms with Crippen LogP contribution in [0.5, 0.6) is 0 Å². The van der Waals surface area contributed by atoms with Crippen molar-refractivity contribution in [3.63, 3.8) is 0 Å². The van der Waals surface area contributed by atoms with Gasteiger partial charge in [0.1, 0.15) is 0 Å². The van der Waals surface area contributed by atoms with Gasteiger partial charge >= 0.3 is 0 Å². The first kappa shape index (κ1) is 12.4. The molecular weight excluding hydrogens is 230 g/mol. The van der Waals surface area contributed by atoms with Crippen molar-refractivity contribution >= 4 is 0 Å². The highest BCUT2D eigenvalue weighted by molar-refractivity contribution is 5.35. The Morgan fingerprint density at radius 3 is 1.89 bits per heavy atom. The molecular formula is C18H21N. The Hall–Kier alpha value is -1.60. The lowest BCUT2D eigenvalue weighted by molar-refractivity contribution is 0.419. The van der Waals surface area contributed by atoms with Crippen molar-refractivity contribution < 1.29 is 0 Å². The normalized spacial score (nSPS) is 16.9. The van der Waals surface area contributed by atoms with Gasteiger partial charge in [0.05, 0.1) is 6.04 Å². The van der Waals surface area contributed by atoms with Crippen LogP contribution in [0.3, 0.4) is 0 Å². The minimum absolute atomic E-state index is 0.0176. The van der Waals surface area contributed by atoms with Crippen LogP contribution in [0.4, 0.5) is 0 Å². The van der Waals surface area contributed by atoms with E-state index in [-0.39, 0.29) is 6.04 Å². The molecule has 0 bridgehead atoms. The molecule has 0 aliphatic heterocycles. The number of rotatable bonds is 3. The molecule has 1 atom stereocenters. The number of aryl methyl sites for hydroxylation is 1. The summed E-state index contributed by atoms with van der Waals surface area (Å²) < 4.78 is 0. The molecule has 1 aliphatic rings. The quantitative estimate of drug-likeness (QED) is 0.864. The van der Waals surface area contributed by atoms with E-state index < -0.39 is 0 Å². The summed E-state index contributed by atoms with van der Waals surface area (Å²) in [7, 11) is 0. The topological polar surface area (TPSA) is 26.0 Å². The molecule has 3 rings (SSSR count). The van der Waals surface area contributed by atoms with Crippen molar-refractivity contribution in [2.24, 2.45) is 5.73 Å². The Morgan fingerprint density at radius 2 is 1.42 bits per heavy atom. The molecule has 2 aromatic rings. The summed E-state index contributed by atoms with van der Waals surface area (Å²) in [6.07, 6.45) is 4.09. The van der Waals surface area contributed by atoms with Gasteiger partial charge in [0.15, 0.2) is 0 Å². The third-order valence-electron chi connectivity index (χ3n) is 4.31. The largest absolute Gasteiger partial charge is 0.320 e. The van der Waals surface area contributed by atoms with Crippen molar-refractivity contribution in [3.05, 3.63) is 70.8 Å². The van der Waals surface area contributed by atoms with Gasteiger partial charge in [-0.3, -0.25) is 0 Å². The lowest BCUT2D eigenvalue weighted by Gasteiger charge is -2.26. The van der Waals surface area contributed by atoms with E-state index in [9.17, 15) is 0 Å². The van der Waals surface area contributed by atoms with Crippen LogP contribution in [-0.2, 0) is 0 Å². The van der Waals surface area contributed by atoms with Gasteiger partial charge in [0.25, 0.3) is 0 Å². The summed E-state index contributed by atoms with van der Waals surface area (Å²) >= 11 is 0. The second-order valence-electron chi connectivity index (χ2n) is 5.68.